The fourth-order valence-electron chi connectivity index (χ4n) is 3.21. The molecule has 26 heavy (non-hydrogen) atoms. The Balaban J connectivity index is 1.94. The van der Waals surface area contributed by atoms with Crippen LogP contribution in [0.1, 0.15) is 37.2 Å². The number of hydrogen-bond acceptors (Lipinski definition) is 6. The number of para-hydroxylation sites is 1. The Hall–Kier alpha value is -3.29. The summed E-state index contributed by atoms with van der Waals surface area (Å²) < 4.78 is 0. The molecule has 1 N–H and O–H groups in total. The van der Waals surface area contributed by atoms with Crippen molar-refractivity contribution in [2.45, 2.75) is 31.6 Å². The van der Waals surface area contributed by atoms with Crippen LogP contribution in [0.3, 0.4) is 0 Å². The van der Waals surface area contributed by atoms with Gasteiger partial charge in [-0.2, -0.15) is 5.10 Å². The molecule has 0 heterocycles. The number of nitrogens with one attached hydrogen (secondary N) is 1. The topological polar surface area (TPSA) is 111 Å². The molecular formula is C18H18N4O4. The van der Waals surface area contributed by atoms with E-state index in [0.29, 0.717) is 5.56 Å². The number of nitro benzene ring substituents is 2. The van der Waals surface area contributed by atoms with Crippen molar-refractivity contribution < 1.29 is 9.85 Å². The monoisotopic (exact) mass is 354 g/mol. The highest BCUT2D eigenvalue weighted by molar-refractivity contribution is 5.93. The van der Waals surface area contributed by atoms with Crippen LogP contribution in [0, 0.1) is 20.2 Å². The fourth-order valence-corrected chi connectivity index (χ4v) is 3.21. The summed E-state index contributed by atoms with van der Waals surface area (Å²) in [6.45, 7) is 0. The van der Waals surface area contributed by atoms with Crippen LogP contribution in [-0.4, -0.2) is 15.6 Å². The first-order valence-corrected chi connectivity index (χ1v) is 8.36. The van der Waals surface area contributed by atoms with Gasteiger partial charge in [0, 0.05) is 23.3 Å². The first kappa shape index (κ1) is 17.5. The van der Waals surface area contributed by atoms with Crippen LogP contribution >= 0.6 is 0 Å². The second-order valence-electron chi connectivity index (χ2n) is 6.14. The van der Waals surface area contributed by atoms with E-state index in [9.17, 15) is 20.2 Å². The molecule has 8 nitrogen and oxygen atoms in total. The molecule has 1 atom stereocenters. The summed E-state index contributed by atoms with van der Waals surface area (Å²) in [6, 6.07) is 13.3. The predicted octanol–water partition coefficient (Wildman–Crippen LogP) is 4.63. The van der Waals surface area contributed by atoms with Gasteiger partial charge in [0.25, 0.3) is 11.4 Å². The molecule has 1 fully saturated rings. The molecule has 1 aliphatic rings. The lowest BCUT2D eigenvalue weighted by molar-refractivity contribution is -0.394. The number of nitrogens with zero attached hydrogens (tertiary/aromatic N) is 3. The van der Waals surface area contributed by atoms with Gasteiger partial charge >= 0.3 is 0 Å². The normalized spacial score (nSPS) is 18.5. The van der Waals surface area contributed by atoms with Gasteiger partial charge in [-0.3, -0.25) is 25.7 Å². The lowest BCUT2D eigenvalue weighted by atomic mass is 9.81. The second kappa shape index (κ2) is 7.73. The fraction of sp³-hybridized carbons (Fsp3) is 0.278. The summed E-state index contributed by atoms with van der Waals surface area (Å²) in [5.41, 5.74) is 4.65. The lowest BCUT2D eigenvalue weighted by Crippen LogP contribution is -2.20. The Morgan fingerprint density at radius 1 is 1.00 bits per heavy atom. The molecule has 0 bridgehead atoms. The number of hydrogen-bond donors (Lipinski definition) is 1. The molecule has 2 aromatic rings. The molecule has 0 amide bonds. The number of benzene rings is 2. The molecule has 0 aromatic heterocycles. The van der Waals surface area contributed by atoms with E-state index in [1.54, 1.807) is 0 Å². The lowest BCUT2D eigenvalue weighted by Gasteiger charge is -2.24. The third kappa shape index (κ3) is 3.85. The number of rotatable bonds is 5. The zero-order valence-corrected chi connectivity index (χ0v) is 14.0. The van der Waals surface area contributed by atoms with E-state index in [1.165, 1.54) is 12.1 Å². The molecule has 3 rings (SSSR count). The molecule has 0 unspecified atom stereocenters. The Morgan fingerprint density at radius 2 is 1.77 bits per heavy atom. The van der Waals surface area contributed by atoms with E-state index in [4.69, 9.17) is 0 Å². The van der Waals surface area contributed by atoms with Crippen LogP contribution in [0.4, 0.5) is 17.1 Å². The van der Waals surface area contributed by atoms with Crippen LogP contribution in [0.2, 0.25) is 0 Å². The minimum atomic E-state index is -0.621. The Morgan fingerprint density at radius 3 is 2.46 bits per heavy atom. The van der Waals surface area contributed by atoms with E-state index in [0.717, 1.165) is 43.1 Å². The average molecular weight is 354 g/mol. The Bertz CT molecular complexity index is 852. The molecule has 0 saturated heterocycles. The minimum absolute atomic E-state index is 0.221. The van der Waals surface area contributed by atoms with E-state index in [1.807, 2.05) is 30.3 Å². The molecule has 1 saturated carbocycles. The molecule has 1 aliphatic carbocycles. The summed E-state index contributed by atoms with van der Waals surface area (Å²) in [7, 11) is 0. The summed E-state index contributed by atoms with van der Waals surface area (Å²) in [4.78, 5) is 21.2. The van der Waals surface area contributed by atoms with Gasteiger partial charge in [0.15, 0.2) is 0 Å². The SMILES string of the molecule is O=[N+]([O-])c1ccc([C@H]2CCCC/C2=N\Nc2ccccc2)c([N+](=O)[O-])c1. The van der Waals surface area contributed by atoms with Crippen molar-refractivity contribution in [1.82, 2.24) is 0 Å². The highest BCUT2D eigenvalue weighted by atomic mass is 16.6. The summed E-state index contributed by atoms with van der Waals surface area (Å²) in [5, 5.41) is 26.9. The van der Waals surface area contributed by atoms with Gasteiger partial charge in [0.2, 0.25) is 0 Å². The number of hydrazone groups is 1. The smallest absolute Gasteiger partial charge is 0.279 e. The van der Waals surface area contributed by atoms with Crippen molar-refractivity contribution in [3.05, 3.63) is 74.3 Å². The van der Waals surface area contributed by atoms with Crippen molar-refractivity contribution in [3.63, 3.8) is 0 Å². The van der Waals surface area contributed by atoms with Gasteiger partial charge < -0.3 is 0 Å². The molecule has 0 radical (unpaired) electrons. The molecule has 8 heteroatoms. The van der Waals surface area contributed by atoms with Gasteiger partial charge in [-0.15, -0.1) is 0 Å². The molecular weight excluding hydrogens is 336 g/mol. The maximum Gasteiger partial charge on any atom is 0.280 e. The van der Waals surface area contributed by atoms with E-state index in [-0.39, 0.29) is 17.3 Å². The zero-order chi connectivity index (χ0) is 18.5. The minimum Gasteiger partial charge on any atom is -0.279 e. The molecule has 0 spiro atoms. The van der Waals surface area contributed by atoms with Crippen LogP contribution in [0.25, 0.3) is 0 Å². The number of non-ortho nitro benzene ring substituents is 1. The van der Waals surface area contributed by atoms with Crippen molar-refractivity contribution in [1.29, 1.82) is 0 Å². The number of nitro groups is 2. The molecule has 0 aliphatic heterocycles. The quantitative estimate of drug-likeness (QED) is 0.621. The standard InChI is InChI=1S/C18H18N4O4/c23-21(24)14-10-11-16(18(12-14)22(25)26)15-8-4-5-9-17(15)20-19-13-6-2-1-3-7-13/h1-3,6-7,10-12,15,19H,4-5,8-9H2/b20-17+/t15-/m1/s1. The van der Waals surface area contributed by atoms with E-state index >= 15 is 0 Å². The van der Waals surface area contributed by atoms with Crippen LogP contribution < -0.4 is 5.43 Å². The predicted molar refractivity (Wildman–Crippen MR) is 98.5 cm³/mol. The third-order valence-electron chi connectivity index (χ3n) is 4.48. The largest absolute Gasteiger partial charge is 0.280 e. The number of anilines is 1. The van der Waals surface area contributed by atoms with Gasteiger partial charge in [0.05, 0.1) is 21.6 Å². The summed E-state index contributed by atoms with van der Waals surface area (Å²) in [5.74, 6) is -0.221. The maximum atomic E-state index is 11.5. The van der Waals surface area contributed by atoms with E-state index in [2.05, 4.69) is 10.5 Å². The Kier molecular flexibility index (Phi) is 5.21. The highest BCUT2D eigenvalue weighted by Crippen LogP contribution is 2.37. The molecule has 134 valence electrons. The van der Waals surface area contributed by atoms with Crippen molar-refractivity contribution >= 4 is 22.8 Å². The van der Waals surface area contributed by atoms with Crippen LogP contribution in [0.15, 0.2) is 53.6 Å². The van der Waals surface area contributed by atoms with Crippen molar-refractivity contribution in [2.75, 3.05) is 5.43 Å². The highest BCUT2D eigenvalue weighted by Gasteiger charge is 2.30. The third-order valence-corrected chi connectivity index (χ3v) is 4.48. The van der Waals surface area contributed by atoms with Gasteiger partial charge in [-0.05, 0) is 37.5 Å². The Labute approximate surface area is 149 Å². The summed E-state index contributed by atoms with van der Waals surface area (Å²) >= 11 is 0. The van der Waals surface area contributed by atoms with Crippen LogP contribution in [-0.2, 0) is 0 Å². The summed E-state index contributed by atoms with van der Waals surface area (Å²) in [6.07, 6.45) is 3.36. The second-order valence-corrected chi connectivity index (χ2v) is 6.14. The van der Waals surface area contributed by atoms with Crippen molar-refractivity contribution in [2.24, 2.45) is 5.10 Å². The van der Waals surface area contributed by atoms with Gasteiger partial charge in [-0.25, -0.2) is 0 Å². The van der Waals surface area contributed by atoms with Crippen molar-refractivity contribution in [3.8, 4) is 0 Å². The van der Waals surface area contributed by atoms with Gasteiger partial charge in [-0.1, -0.05) is 24.6 Å². The first-order valence-electron chi connectivity index (χ1n) is 8.36. The van der Waals surface area contributed by atoms with Crippen LogP contribution in [0.5, 0.6) is 0 Å². The molecule has 2 aromatic carbocycles. The van der Waals surface area contributed by atoms with Gasteiger partial charge in [0.1, 0.15) is 0 Å². The average Bonchev–Trinajstić information content (AvgIpc) is 2.67. The maximum absolute atomic E-state index is 11.5. The zero-order valence-electron chi connectivity index (χ0n) is 14.0. The van der Waals surface area contributed by atoms with E-state index < -0.39 is 9.85 Å². The first-order chi connectivity index (χ1) is 12.6.